The summed E-state index contributed by atoms with van der Waals surface area (Å²) in [5.41, 5.74) is 3.91. The Kier molecular flexibility index (Phi) is 7.58. The highest BCUT2D eigenvalue weighted by Gasteiger charge is 2.21. The van der Waals surface area contributed by atoms with E-state index >= 15 is 0 Å². The highest BCUT2D eigenvalue weighted by Crippen LogP contribution is 2.17. The number of para-hydroxylation sites is 1. The summed E-state index contributed by atoms with van der Waals surface area (Å²) >= 11 is 0. The number of carbonyl (C=O) groups is 2. The van der Waals surface area contributed by atoms with Gasteiger partial charge < -0.3 is 20.4 Å². The normalized spacial score (nSPS) is 11.8. The lowest BCUT2D eigenvalue weighted by Crippen LogP contribution is -3.07. The summed E-state index contributed by atoms with van der Waals surface area (Å²) < 4.78 is 0. The van der Waals surface area contributed by atoms with E-state index in [0.717, 1.165) is 23.2 Å². The molecule has 150 valence electrons. The van der Waals surface area contributed by atoms with Crippen LogP contribution in [0.15, 0.2) is 48.5 Å². The molecule has 0 aliphatic heterocycles. The van der Waals surface area contributed by atoms with Gasteiger partial charge in [-0.2, -0.15) is 0 Å². The van der Waals surface area contributed by atoms with Gasteiger partial charge >= 0.3 is 11.8 Å². The second-order valence-electron chi connectivity index (χ2n) is 7.29. The number of rotatable bonds is 7. The van der Waals surface area contributed by atoms with Crippen molar-refractivity contribution in [2.45, 2.75) is 19.4 Å². The van der Waals surface area contributed by atoms with E-state index in [4.69, 9.17) is 0 Å². The molecule has 0 unspecified atom stereocenters. The van der Waals surface area contributed by atoms with Crippen LogP contribution < -0.4 is 20.4 Å². The third-order valence-electron chi connectivity index (χ3n) is 4.83. The zero-order chi connectivity index (χ0) is 20.7. The van der Waals surface area contributed by atoms with Crippen LogP contribution in [0.4, 0.5) is 11.4 Å². The van der Waals surface area contributed by atoms with Gasteiger partial charge in [0.2, 0.25) is 0 Å². The molecule has 6 nitrogen and oxygen atoms in total. The number of benzene rings is 2. The molecule has 2 aromatic rings. The van der Waals surface area contributed by atoms with E-state index in [1.807, 2.05) is 64.3 Å². The van der Waals surface area contributed by atoms with Crippen molar-refractivity contribution in [3.8, 4) is 0 Å². The zero-order valence-corrected chi connectivity index (χ0v) is 17.4. The van der Waals surface area contributed by atoms with Gasteiger partial charge in [-0.05, 0) is 30.2 Å². The average Bonchev–Trinajstić information content (AvgIpc) is 2.68. The van der Waals surface area contributed by atoms with Crippen LogP contribution in [0.3, 0.4) is 0 Å². The molecule has 3 N–H and O–H groups in total. The molecule has 28 heavy (non-hydrogen) atoms. The van der Waals surface area contributed by atoms with E-state index in [9.17, 15) is 9.59 Å². The van der Waals surface area contributed by atoms with Crippen molar-refractivity contribution in [2.24, 2.45) is 0 Å². The summed E-state index contributed by atoms with van der Waals surface area (Å²) in [5, 5.41) is 5.49. The minimum absolute atomic E-state index is 0.0518. The van der Waals surface area contributed by atoms with Gasteiger partial charge in [-0.3, -0.25) is 9.59 Å². The molecule has 6 heteroatoms. The van der Waals surface area contributed by atoms with Crippen molar-refractivity contribution in [3.63, 3.8) is 0 Å². The highest BCUT2D eigenvalue weighted by atomic mass is 16.2. The molecule has 2 rings (SSSR count). The van der Waals surface area contributed by atoms with Crippen LogP contribution in [-0.4, -0.2) is 46.5 Å². The van der Waals surface area contributed by atoms with Gasteiger partial charge in [0.25, 0.3) is 0 Å². The molecule has 2 aromatic carbocycles. The summed E-state index contributed by atoms with van der Waals surface area (Å²) in [4.78, 5) is 27.8. The first-order valence-electron chi connectivity index (χ1n) is 9.57. The van der Waals surface area contributed by atoms with Gasteiger partial charge in [0, 0.05) is 31.0 Å². The SMILES string of the molecule is CCc1ccccc1NC(=O)C(=O)NC[C@H](c1ccc(N(C)C)cc1)[NH+](C)C. The van der Waals surface area contributed by atoms with Crippen LogP contribution in [0, 0.1) is 0 Å². The number of amides is 2. The van der Waals surface area contributed by atoms with Crippen molar-refractivity contribution in [2.75, 3.05) is 45.0 Å². The maximum atomic E-state index is 12.3. The lowest BCUT2D eigenvalue weighted by molar-refractivity contribution is -0.890. The fourth-order valence-corrected chi connectivity index (χ4v) is 3.06. The van der Waals surface area contributed by atoms with Crippen molar-refractivity contribution in [1.82, 2.24) is 5.32 Å². The minimum Gasteiger partial charge on any atom is -0.378 e. The van der Waals surface area contributed by atoms with Crippen LogP contribution in [0.5, 0.6) is 0 Å². The van der Waals surface area contributed by atoms with Gasteiger partial charge in [-0.1, -0.05) is 37.3 Å². The Morgan fingerprint density at radius 2 is 1.64 bits per heavy atom. The van der Waals surface area contributed by atoms with Crippen molar-refractivity contribution >= 4 is 23.2 Å². The Hall–Kier alpha value is -2.86. The number of anilines is 2. The number of hydrogen-bond donors (Lipinski definition) is 3. The average molecular weight is 384 g/mol. The van der Waals surface area contributed by atoms with Crippen LogP contribution in [0.25, 0.3) is 0 Å². The van der Waals surface area contributed by atoms with Gasteiger partial charge in [0.15, 0.2) is 0 Å². The van der Waals surface area contributed by atoms with Gasteiger partial charge in [-0.25, -0.2) is 0 Å². The fourth-order valence-electron chi connectivity index (χ4n) is 3.06. The number of nitrogens with one attached hydrogen (secondary N) is 3. The van der Waals surface area contributed by atoms with E-state index in [2.05, 4.69) is 34.9 Å². The molecule has 0 heterocycles. The van der Waals surface area contributed by atoms with Crippen molar-refractivity contribution in [1.29, 1.82) is 0 Å². The molecule has 0 saturated carbocycles. The second kappa shape index (κ2) is 9.90. The number of carbonyl (C=O) groups excluding carboxylic acids is 2. The number of aryl methyl sites for hydroxylation is 1. The van der Waals surface area contributed by atoms with Crippen LogP contribution in [0.1, 0.15) is 24.1 Å². The van der Waals surface area contributed by atoms with Crippen LogP contribution in [-0.2, 0) is 16.0 Å². The fraction of sp³-hybridized carbons (Fsp3) is 0.364. The Morgan fingerprint density at radius 1 is 1.00 bits per heavy atom. The first-order valence-corrected chi connectivity index (χ1v) is 9.57. The zero-order valence-electron chi connectivity index (χ0n) is 17.4. The Balaban J connectivity index is 2.00. The lowest BCUT2D eigenvalue weighted by atomic mass is 10.1. The molecule has 0 spiro atoms. The Labute approximate surface area is 167 Å². The number of likely N-dealkylation sites (N-methyl/N-ethyl adjacent to an activating group) is 1. The minimum atomic E-state index is -0.642. The molecule has 0 saturated heterocycles. The quantitative estimate of drug-likeness (QED) is 0.631. The molecule has 0 radical (unpaired) electrons. The standard InChI is InChI=1S/C22H30N4O2/c1-6-16-9-7-8-10-19(16)24-22(28)21(27)23-15-20(26(4)5)17-11-13-18(14-12-17)25(2)3/h7-14,20H,6,15H2,1-5H3,(H,23,27)(H,24,28)/p+1/t20-/m1/s1. The van der Waals surface area contributed by atoms with Gasteiger partial charge in [0.1, 0.15) is 6.04 Å². The van der Waals surface area contributed by atoms with Crippen molar-refractivity contribution in [3.05, 3.63) is 59.7 Å². The van der Waals surface area contributed by atoms with E-state index in [0.29, 0.717) is 12.2 Å². The maximum Gasteiger partial charge on any atom is 0.313 e. The van der Waals surface area contributed by atoms with E-state index in [-0.39, 0.29) is 6.04 Å². The smallest absolute Gasteiger partial charge is 0.313 e. The van der Waals surface area contributed by atoms with E-state index < -0.39 is 11.8 Å². The predicted octanol–water partition coefficient (Wildman–Crippen LogP) is 1.26. The molecule has 0 bridgehead atoms. The van der Waals surface area contributed by atoms with E-state index in [1.54, 1.807) is 0 Å². The summed E-state index contributed by atoms with van der Waals surface area (Å²) in [6.45, 7) is 2.39. The Bertz CT molecular complexity index is 800. The number of nitrogens with zero attached hydrogens (tertiary/aromatic N) is 1. The highest BCUT2D eigenvalue weighted by molar-refractivity contribution is 6.39. The molecular formula is C22H31N4O2+. The number of quaternary nitrogens is 1. The van der Waals surface area contributed by atoms with E-state index in [1.165, 1.54) is 4.90 Å². The van der Waals surface area contributed by atoms with Gasteiger partial charge in [-0.15, -0.1) is 0 Å². The van der Waals surface area contributed by atoms with Crippen LogP contribution in [0.2, 0.25) is 0 Å². The first-order chi connectivity index (χ1) is 13.3. The second-order valence-corrected chi connectivity index (χ2v) is 7.29. The predicted molar refractivity (Wildman–Crippen MR) is 114 cm³/mol. The Morgan fingerprint density at radius 3 is 2.21 bits per heavy atom. The molecule has 2 amide bonds. The largest absolute Gasteiger partial charge is 0.378 e. The molecule has 1 atom stereocenters. The maximum absolute atomic E-state index is 12.3. The molecule has 0 aromatic heterocycles. The summed E-state index contributed by atoms with van der Waals surface area (Å²) in [5.74, 6) is -1.27. The first kappa shape index (κ1) is 21.4. The topological polar surface area (TPSA) is 65.9 Å². The summed E-state index contributed by atoms with van der Waals surface area (Å²) in [6.07, 6.45) is 0.785. The van der Waals surface area contributed by atoms with Crippen molar-refractivity contribution < 1.29 is 14.5 Å². The molecule has 0 aliphatic rings. The lowest BCUT2D eigenvalue weighted by Gasteiger charge is -2.23. The number of hydrogen-bond acceptors (Lipinski definition) is 3. The third kappa shape index (κ3) is 5.57. The van der Waals surface area contributed by atoms with Gasteiger partial charge in [0.05, 0.1) is 20.6 Å². The molecule has 0 aliphatic carbocycles. The molecular weight excluding hydrogens is 352 g/mol. The molecule has 0 fully saturated rings. The summed E-state index contributed by atoms with van der Waals surface area (Å²) in [6, 6.07) is 15.8. The third-order valence-corrected chi connectivity index (χ3v) is 4.83. The summed E-state index contributed by atoms with van der Waals surface area (Å²) in [7, 11) is 8.07. The monoisotopic (exact) mass is 383 g/mol. The van der Waals surface area contributed by atoms with Crippen LogP contribution >= 0.6 is 0 Å².